The Hall–Kier alpha value is -4.74. The third kappa shape index (κ3) is 5.88. The predicted molar refractivity (Wildman–Crippen MR) is 162 cm³/mol. The molecule has 2 heterocycles. The number of ketones is 1. The number of Topliss-reactive ketones (excluding diaryl/α,β-unsaturated/α-hetero) is 1. The molecule has 12 nitrogen and oxygen atoms in total. The van der Waals surface area contributed by atoms with Gasteiger partial charge in [-0.15, -0.1) is 0 Å². The quantitative estimate of drug-likeness (QED) is 0.210. The van der Waals surface area contributed by atoms with E-state index in [1.165, 1.54) is 43.1 Å². The largest absolute Gasteiger partial charge is 0.353 e. The molecule has 4 aliphatic rings. The second kappa shape index (κ2) is 12.1. The maximum absolute atomic E-state index is 13.4. The van der Waals surface area contributed by atoms with Crippen molar-refractivity contribution in [1.29, 1.82) is 0 Å². The molecule has 1 aromatic carbocycles. The number of carbonyl (C=O) groups excluding carboxylic acids is 5. The molecule has 4 fully saturated rings. The normalized spacial score (nSPS) is 23.7. The highest BCUT2D eigenvalue weighted by Crippen LogP contribution is 2.58. The van der Waals surface area contributed by atoms with Crippen LogP contribution < -0.4 is 26.8 Å². The van der Waals surface area contributed by atoms with Crippen LogP contribution in [0, 0.1) is 23.7 Å². The number of pyridine rings is 1. The number of hydrogen-bond donors (Lipinski definition) is 5. The van der Waals surface area contributed by atoms with Crippen LogP contribution in [-0.2, 0) is 25.7 Å². The van der Waals surface area contributed by atoms with Gasteiger partial charge in [-0.25, -0.2) is 0 Å². The molecule has 7 rings (SSSR count). The van der Waals surface area contributed by atoms with Gasteiger partial charge in [0.2, 0.25) is 17.6 Å². The zero-order chi connectivity index (χ0) is 31.0. The van der Waals surface area contributed by atoms with Crippen LogP contribution in [-0.4, -0.2) is 58.1 Å². The predicted octanol–water partition coefficient (Wildman–Crippen LogP) is 1.71. The lowest BCUT2D eigenvalue weighted by atomic mass is 9.79. The summed E-state index contributed by atoms with van der Waals surface area (Å²) in [6.07, 6.45) is 5.75. The third-order valence-corrected chi connectivity index (χ3v) is 9.51. The lowest BCUT2D eigenvalue weighted by molar-refractivity contribution is -0.137. The lowest BCUT2D eigenvalue weighted by Crippen LogP contribution is -2.46. The van der Waals surface area contributed by atoms with Crippen LogP contribution in [0.3, 0.4) is 0 Å². The van der Waals surface area contributed by atoms with Crippen molar-refractivity contribution in [2.45, 2.75) is 57.2 Å². The minimum absolute atomic E-state index is 0.0775. The van der Waals surface area contributed by atoms with Crippen molar-refractivity contribution < 1.29 is 24.0 Å². The Morgan fingerprint density at radius 1 is 1.00 bits per heavy atom. The standard InChI is InChI=1S/C32H36N6O6/c1-33-31(43)26(39)9-8-23(35-30(42)25-15-18-5-2-3-6-22(18)34-25)29(41)36-24-7-4-10-38(32(24)44)16-27(40)37-28-20-12-17-11-19(14-20)21(28)13-17/h2-7,10,15,17,19-21,23,28,34H,8-9,11-14,16H2,1H3,(H,33,43)(H,35,42)(H,36,41)(H,37,40)/t17?,19?,20?,21?,23-,28?/m0/s1. The number of fused-ring (bicyclic) bond motifs is 1. The molecule has 4 aliphatic carbocycles. The maximum Gasteiger partial charge on any atom is 0.287 e. The fraction of sp³-hybridized carbons (Fsp3) is 0.438. The second-order valence-electron chi connectivity index (χ2n) is 12.3. The van der Waals surface area contributed by atoms with Crippen molar-refractivity contribution in [3.8, 4) is 0 Å². The monoisotopic (exact) mass is 600 g/mol. The van der Waals surface area contributed by atoms with E-state index in [0.29, 0.717) is 17.8 Å². The van der Waals surface area contributed by atoms with E-state index in [2.05, 4.69) is 26.3 Å². The Morgan fingerprint density at radius 2 is 1.80 bits per heavy atom. The van der Waals surface area contributed by atoms with Crippen molar-refractivity contribution in [3.05, 3.63) is 64.7 Å². The van der Waals surface area contributed by atoms with E-state index in [1.54, 1.807) is 18.2 Å². The molecule has 0 radical (unpaired) electrons. The van der Waals surface area contributed by atoms with E-state index in [0.717, 1.165) is 23.2 Å². The van der Waals surface area contributed by atoms with E-state index in [9.17, 15) is 28.8 Å². The Morgan fingerprint density at radius 3 is 2.57 bits per heavy atom. The molecule has 0 spiro atoms. The Kier molecular flexibility index (Phi) is 8.07. The summed E-state index contributed by atoms with van der Waals surface area (Å²) in [5, 5.41) is 11.4. The van der Waals surface area contributed by atoms with Gasteiger partial charge in [0.05, 0.1) is 0 Å². The van der Waals surface area contributed by atoms with E-state index in [4.69, 9.17) is 0 Å². The molecular formula is C32H36N6O6. The van der Waals surface area contributed by atoms with Gasteiger partial charge in [0.1, 0.15) is 24.0 Å². The molecule has 5 unspecified atom stereocenters. The maximum atomic E-state index is 13.4. The number of carbonyl (C=O) groups is 5. The SMILES string of the molecule is CNC(=O)C(=O)CC[C@H](NC(=O)c1cc2ccccc2[nH]1)C(=O)Nc1cccn(CC(=O)NC2C3CC4CC(C3)C2C4)c1=O. The molecule has 4 saturated carbocycles. The van der Waals surface area contributed by atoms with Crippen LogP contribution in [0.4, 0.5) is 5.69 Å². The minimum atomic E-state index is -1.24. The number of likely N-dealkylation sites (N-methyl/N-ethyl adjacent to an activating group) is 1. The smallest absolute Gasteiger partial charge is 0.287 e. The molecule has 0 saturated heterocycles. The summed E-state index contributed by atoms with van der Waals surface area (Å²) in [5.41, 5.74) is 0.284. The van der Waals surface area contributed by atoms with Crippen molar-refractivity contribution >= 4 is 46.0 Å². The molecular weight excluding hydrogens is 564 g/mol. The molecule has 230 valence electrons. The van der Waals surface area contributed by atoms with Crippen molar-refractivity contribution in [2.24, 2.45) is 23.7 Å². The summed E-state index contributed by atoms with van der Waals surface area (Å²) < 4.78 is 1.24. The molecule has 2 aromatic heterocycles. The molecule has 0 aliphatic heterocycles. The number of nitrogens with one attached hydrogen (secondary N) is 5. The molecule has 4 amide bonds. The summed E-state index contributed by atoms with van der Waals surface area (Å²) in [6.45, 7) is -0.187. The number of rotatable bonds is 11. The van der Waals surface area contributed by atoms with Crippen LogP contribution in [0.2, 0.25) is 0 Å². The third-order valence-electron chi connectivity index (χ3n) is 9.51. The van der Waals surface area contributed by atoms with Gasteiger partial charge in [-0.3, -0.25) is 28.8 Å². The molecule has 5 N–H and O–H groups in total. The highest BCUT2D eigenvalue weighted by molar-refractivity contribution is 6.36. The summed E-state index contributed by atoms with van der Waals surface area (Å²) >= 11 is 0. The number of benzene rings is 1. The van der Waals surface area contributed by atoms with Crippen LogP contribution in [0.1, 0.15) is 49.0 Å². The molecule has 12 heteroatoms. The van der Waals surface area contributed by atoms with Crippen molar-refractivity contribution in [1.82, 2.24) is 25.5 Å². The van der Waals surface area contributed by atoms with Gasteiger partial charge in [0.25, 0.3) is 17.4 Å². The molecule has 6 atom stereocenters. The van der Waals surface area contributed by atoms with Crippen molar-refractivity contribution in [2.75, 3.05) is 12.4 Å². The highest BCUT2D eigenvalue weighted by Gasteiger charge is 2.54. The van der Waals surface area contributed by atoms with Crippen LogP contribution in [0.5, 0.6) is 0 Å². The first-order valence-corrected chi connectivity index (χ1v) is 15.1. The number of anilines is 1. The molecule has 4 bridgehead atoms. The van der Waals surface area contributed by atoms with Crippen LogP contribution >= 0.6 is 0 Å². The van der Waals surface area contributed by atoms with Gasteiger partial charge in [-0.1, -0.05) is 18.2 Å². The number of para-hydroxylation sites is 1. The number of hydrogen-bond acceptors (Lipinski definition) is 6. The van der Waals surface area contributed by atoms with Crippen LogP contribution in [0.25, 0.3) is 10.9 Å². The fourth-order valence-electron chi connectivity index (χ4n) is 7.55. The van der Waals surface area contributed by atoms with Gasteiger partial charge in [0.15, 0.2) is 0 Å². The van der Waals surface area contributed by atoms with Crippen molar-refractivity contribution in [3.63, 3.8) is 0 Å². The van der Waals surface area contributed by atoms with E-state index < -0.39 is 35.1 Å². The van der Waals surface area contributed by atoms with Gasteiger partial charge in [-0.05, 0) is 80.0 Å². The average Bonchev–Trinajstić information content (AvgIpc) is 3.65. The zero-order valence-corrected chi connectivity index (χ0v) is 24.4. The first-order valence-electron chi connectivity index (χ1n) is 15.1. The topological polar surface area (TPSA) is 171 Å². The first kappa shape index (κ1) is 29.3. The summed E-state index contributed by atoms with van der Waals surface area (Å²) in [6, 6.07) is 10.8. The van der Waals surface area contributed by atoms with E-state index >= 15 is 0 Å². The van der Waals surface area contributed by atoms with Gasteiger partial charge >= 0.3 is 0 Å². The van der Waals surface area contributed by atoms with E-state index in [1.807, 2.05) is 18.2 Å². The lowest BCUT2D eigenvalue weighted by Gasteiger charge is -2.32. The minimum Gasteiger partial charge on any atom is -0.353 e. The first-order chi connectivity index (χ1) is 21.2. The summed E-state index contributed by atoms with van der Waals surface area (Å²) in [4.78, 5) is 79.7. The van der Waals surface area contributed by atoms with Gasteiger partial charge < -0.3 is 30.8 Å². The average molecular weight is 601 g/mol. The van der Waals surface area contributed by atoms with Crippen LogP contribution in [0.15, 0.2) is 53.5 Å². The van der Waals surface area contributed by atoms with E-state index in [-0.39, 0.29) is 42.7 Å². The highest BCUT2D eigenvalue weighted by atomic mass is 16.2. The number of amides is 4. The number of nitrogens with zero attached hydrogens (tertiary/aromatic N) is 1. The Bertz CT molecular complexity index is 1660. The fourth-order valence-corrected chi connectivity index (χ4v) is 7.55. The molecule has 44 heavy (non-hydrogen) atoms. The Labute approximate surface area is 253 Å². The second-order valence-corrected chi connectivity index (χ2v) is 12.3. The molecule has 3 aromatic rings. The zero-order valence-electron chi connectivity index (χ0n) is 24.4. The van der Waals surface area contributed by atoms with Gasteiger partial charge in [-0.2, -0.15) is 0 Å². The number of aromatic nitrogens is 2. The summed E-state index contributed by atoms with van der Waals surface area (Å²) in [7, 11) is 1.32. The number of H-pyrrole nitrogens is 1. The number of aromatic amines is 1. The van der Waals surface area contributed by atoms with Gasteiger partial charge in [0, 0.05) is 36.6 Å². The Balaban J connectivity index is 1.13. The summed E-state index contributed by atoms with van der Waals surface area (Å²) in [5.74, 6) is -0.615.